The van der Waals surface area contributed by atoms with E-state index >= 15 is 0 Å². The number of carbonyl (C=O) groups is 1. The quantitative estimate of drug-likeness (QED) is 0.627. The number of halogens is 3. The van der Waals surface area contributed by atoms with Gasteiger partial charge in [-0.1, -0.05) is 24.3 Å². The molecule has 2 aliphatic heterocycles. The summed E-state index contributed by atoms with van der Waals surface area (Å²) in [4.78, 5) is 17.2. The molecule has 2 aromatic rings. The summed E-state index contributed by atoms with van der Waals surface area (Å²) < 4.78 is 48.2. The molecule has 5 atom stereocenters. The minimum atomic E-state index is -4.79. The number of likely N-dealkylation sites (N-methyl/N-ethyl adjacent to an activating group) is 2. The van der Waals surface area contributed by atoms with Gasteiger partial charge in [0.2, 0.25) is 5.91 Å². The molecule has 2 aliphatic carbocycles. The maximum atomic E-state index is 13.3. The number of hydrogen-bond acceptors (Lipinski definition) is 5. The zero-order valence-electron chi connectivity index (χ0n) is 20.7. The van der Waals surface area contributed by atoms with Crippen LogP contribution in [0.4, 0.5) is 13.2 Å². The van der Waals surface area contributed by atoms with E-state index < -0.39 is 17.4 Å². The van der Waals surface area contributed by atoms with Gasteiger partial charge in [0.25, 0.3) is 0 Å². The van der Waals surface area contributed by atoms with E-state index in [1.807, 2.05) is 12.1 Å². The number of benzene rings is 2. The van der Waals surface area contributed by atoms with Gasteiger partial charge in [-0.25, -0.2) is 0 Å². The van der Waals surface area contributed by atoms with E-state index in [0.717, 1.165) is 30.7 Å². The number of likely N-dealkylation sites (tertiary alicyclic amines) is 1. The number of aliphatic hydroxyl groups is 1. The Morgan fingerprint density at radius 1 is 1.24 bits per heavy atom. The largest absolute Gasteiger partial charge is 0.573 e. The predicted molar refractivity (Wildman–Crippen MR) is 130 cm³/mol. The molecule has 6 rings (SSSR count). The van der Waals surface area contributed by atoms with Gasteiger partial charge < -0.3 is 24.4 Å². The van der Waals surface area contributed by atoms with Crippen LogP contribution in [-0.2, 0) is 16.6 Å². The first-order valence-electron chi connectivity index (χ1n) is 12.6. The van der Waals surface area contributed by atoms with E-state index in [1.54, 1.807) is 18.0 Å². The molecular weight excluding hydrogens is 485 g/mol. The summed E-state index contributed by atoms with van der Waals surface area (Å²) in [6, 6.07) is 11.3. The van der Waals surface area contributed by atoms with E-state index in [1.165, 1.54) is 35.9 Å². The van der Waals surface area contributed by atoms with Crippen LogP contribution in [0, 0.1) is 0 Å². The van der Waals surface area contributed by atoms with Crippen molar-refractivity contribution in [1.82, 2.24) is 9.80 Å². The van der Waals surface area contributed by atoms with Crippen molar-refractivity contribution in [2.45, 2.75) is 61.2 Å². The Balaban J connectivity index is 1.28. The molecule has 1 saturated carbocycles. The lowest BCUT2D eigenvalue weighted by molar-refractivity contribution is -0.274. The number of carbonyl (C=O) groups excluding carboxylic acids is 1. The van der Waals surface area contributed by atoms with Gasteiger partial charge in [0.05, 0.1) is 17.1 Å². The second-order valence-electron chi connectivity index (χ2n) is 10.7. The summed E-state index contributed by atoms with van der Waals surface area (Å²) in [6.45, 7) is 0.835. The summed E-state index contributed by atoms with van der Waals surface area (Å²) in [6.07, 6.45) is 0.319. The Hall–Kier alpha value is -3.04. The molecule has 1 saturated heterocycles. The van der Waals surface area contributed by atoms with Crippen LogP contribution in [0.1, 0.15) is 36.0 Å². The fourth-order valence-corrected chi connectivity index (χ4v) is 7.36. The third-order valence-corrected chi connectivity index (χ3v) is 8.95. The number of rotatable bonds is 4. The Bertz CT molecular complexity index is 1280. The van der Waals surface area contributed by atoms with Crippen molar-refractivity contribution in [3.8, 4) is 11.5 Å². The van der Waals surface area contributed by atoms with E-state index in [2.05, 4.69) is 22.8 Å². The molecule has 4 aliphatic rings. The summed E-state index contributed by atoms with van der Waals surface area (Å²) in [7, 11) is 3.79. The summed E-state index contributed by atoms with van der Waals surface area (Å²) in [5, 5.41) is 12.2. The van der Waals surface area contributed by atoms with Gasteiger partial charge in [0.15, 0.2) is 0 Å². The lowest BCUT2D eigenvalue weighted by Crippen LogP contribution is -2.77. The molecule has 2 heterocycles. The number of nitrogens with zero attached hydrogens (tertiary/aromatic N) is 2. The highest BCUT2D eigenvalue weighted by Crippen LogP contribution is 2.64. The summed E-state index contributed by atoms with van der Waals surface area (Å²) >= 11 is 0. The van der Waals surface area contributed by atoms with Crippen LogP contribution >= 0.6 is 0 Å². The SMILES string of the molecule is CN(C(=O)/C=C/c1cccc(OC(F)(F)F)c1)C1CC[C@@]2(O)[C@H]3Cc4cccc5c4[C@@]2(CCN3C)C1O5. The minimum absolute atomic E-state index is 0.0127. The predicted octanol–water partition coefficient (Wildman–Crippen LogP) is 3.91. The number of amides is 1. The summed E-state index contributed by atoms with van der Waals surface area (Å²) in [5.41, 5.74) is 1.20. The molecule has 0 aromatic heterocycles. The maximum Gasteiger partial charge on any atom is 0.573 e. The van der Waals surface area contributed by atoms with E-state index in [9.17, 15) is 23.1 Å². The van der Waals surface area contributed by atoms with Crippen molar-refractivity contribution in [2.75, 3.05) is 20.6 Å². The molecule has 196 valence electrons. The Kier molecular flexibility index (Phi) is 5.41. The highest BCUT2D eigenvalue weighted by Gasteiger charge is 2.72. The van der Waals surface area contributed by atoms with E-state index in [-0.39, 0.29) is 29.8 Å². The van der Waals surface area contributed by atoms with Gasteiger partial charge in [0.1, 0.15) is 17.6 Å². The summed E-state index contributed by atoms with van der Waals surface area (Å²) in [5.74, 6) is 0.172. The van der Waals surface area contributed by atoms with Crippen molar-refractivity contribution in [2.24, 2.45) is 0 Å². The molecule has 2 bridgehead atoms. The van der Waals surface area contributed by atoms with Crippen LogP contribution in [0.5, 0.6) is 11.5 Å². The molecule has 6 nitrogen and oxygen atoms in total. The van der Waals surface area contributed by atoms with Crippen LogP contribution in [0.25, 0.3) is 6.08 Å². The Labute approximate surface area is 213 Å². The van der Waals surface area contributed by atoms with E-state index in [0.29, 0.717) is 18.4 Å². The van der Waals surface area contributed by atoms with Gasteiger partial charge in [-0.15, -0.1) is 13.2 Å². The van der Waals surface area contributed by atoms with Crippen molar-refractivity contribution < 1.29 is 32.5 Å². The van der Waals surface area contributed by atoms with Crippen LogP contribution in [0.2, 0.25) is 0 Å². The number of hydrogen-bond donors (Lipinski definition) is 1. The lowest BCUT2D eigenvalue weighted by Gasteiger charge is -2.64. The first kappa shape index (κ1) is 24.3. The van der Waals surface area contributed by atoms with Gasteiger partial charge >= 0.3 is 6.36 Å². The fraction of sp³-hybridized carbons (Fsp3) is 0.464. The Morgan fingerprint density at radius 2 is 2.03 bits per heavy atom. The molecule has 1 N–H and O–H groups in total. The maximum absolute atomic E-state index is 13.3. The number of alkyl halides is 3. The van der Waals surface area contributed by atoms with Crippen LogP contribution in [-0.4, -0.2) is 71.6 Å². The van der Waals surface area contributed by atoms with Gasteiger partial charge in [-0.3, -0.25) is 4.79 Å². The third kappa shape index (κ3) is 3.58. The molecule has 1 amide bonds. The Morgan fingerprint density at radius 3 is 2.81 bits per heavy atom. The number of ether oxygens (including phenoxy) is 2. The van der Waals surface area contributed by atoms with E-state index in [4.69, 9.17) is 4.74 Å². The van der Waals surface area contributed by atoms with Crippen molar-refractivity contribution in [3.05, 3.63) is 65.2 Å². The van der Waals surface area contributed by atoms with Crippen LogP contribution < -0.4 is 9.47 Å². The zero-order chi connectivity index (χ0) is 26.2. The minimum Gasteiger partial charge on any atom is -0.487 e. The highest BCUT2D eigenvalue weighted by atomic mass is 19.4. The second-order valence-corrected chi connectivity index (χ2v) is 10.7. The van der Waals surface area contributed by atoms with Gasteiger partial charge in [0, 0.05) is 24.7 Å². The molecule has 1 spiro atoms. The standard InChI is InChI=1S/C28H29F3N2O4/c1-32-14-13-26-24-18-6-4-8-21(24)36-25(26)20(11-12-27(26,35)22(32)16-18)33(2)23(34)10-9-17-5-3-7-19(15-17)37-28(29,30)31/h3-10,15,20,22,25,35H,11-14,16H2,1-2H3/b10-9+/t20?,22-,25?,26+,27-/m1/s1. The van der Waals surface area contributed by atoms with Gasteiger partial charge in [-0.2, -0.15) is 0 Å². The average molecular weight is 515 g/mol. The van der Waals surface area contributed by atoms with Crippen molar-refractivity contribution in [3.63, 3.8) is 0 Å². The topological polar surface area (TPSA) is 62.2 Å². The molecule has 2 unspecified atom stereocenters. The molecule has 2 aromatic carbocycles. The smallest absolute Gasteiger partial charge is 0.487 e. The zero-order valence-corrected chi connectivity index (χ0v) is 20.7. The van der Waals surface area contributed by atoms with Crippen molar-refractivity contribution in [1.29, 1.82) is 0 Å². The average Bonchev–Trinajstić information content (AvgIpc) is 3.18. The first-order chi connectivity index (χ1) is 17.5. The normalized spacial score (nSPS) is 32.1. The molecular formula is C28H29F3N2O4. The third-order valence-electron chi connectivity index (χ3n) is 8.95. The molecule has 37 heavy (non-hydrogen) atoms. The van der Waals surface area contributed by atoms with Crippen LogP contribution in [0.15, 0.2) is 48.5 Å². The second kappa shape index (κ2) is 8.23. The molecule has 2 fully saturated rings. The van der Waals surface area contributed by atoms with Crippen molar-refractivity contribution >= 4 is 12.0 Å². The molecule has 0 radical (unpaired) electrons. The molecule has 9 heteroatoms. The monoisotopic (exact) mass is 514 g/mol. The first-order valence-corrected chi connectivity index (χ1v) is 12.6. The fourth-order valence-electron chi connectivity index (χ4n) is 7.36. The lowest BCUT2D eigenvalue weighted by atomic mass is 9.48. The van der Waals surface area contributed by atoms with Crippen LogP contribution in [0.3, 0.4) is 0 Å². The highest BCUT2D eigenvalue weighted by molar-refractivity contribution is 5.92. The van der Waals surface area contributed by atoms with Gasteiger partial charge in [-0.05, 0) is 74.7 Å². The number of piperidine rings is 1.